The number of carbonyl (C=O) groups is 2. The number of carboxylic acid groups (broad SMARTS) is 1. The van der Waals surface area contributed by atoms with Gasteiger partial charge in [-0.15, -0.1) is 0 Å². The van der Waals surface area contributed by atoms with Crippen molar-refractivity contribution in [1.29, 1.82) is 0 Å². The lowest BCUT2D eigenvalue weighted by Gasteiger charge is -2.13. The van der Waals surface area contributed by atoms with Gasteiger partial charge in [-0.05, 0) is 19.9 Å². The number of carboxylic acids is 1. The van der Waals surface area contributed by atoms with Gasteiger partial charge < -0.3 is 25.5 Å². The molecule has 1 aromatic carbocycles. The number of anilines is 1. The Morgan fingerprint density at radius 2 is 2.03 bits per heavy atom. The van der Waals surface area contributed by atoms with Crippen LogP contribution in [0, 0.1) is 10.1 Å². The van der Waals surface area contributed by atoms with E-state index >= 15 is 0 Å². The van der Waals surface area contributed by atoms with Crippen molar-refractivity contribution >= 4 is 23.4 Å². The van der Waals surface area contributed by atoms with Gasteiger partial charge in [-0.1, -0.05) is 0 Å². The lowest BCUT2D eigenvalue weighted by atomic mass is 10.0. The fourth-order valence-corrected chi connectivity index (χ4v) is 2.73. The molecule has 0 aliphatic heterocycles. The van der Waals surface area contributed by atoms with Crippen molar-refractivity contribution in [3.63, 3.8) is 0 Å². The molecule has 1 heterocycles. The minimum Gasteiger partial charge on any atom is -0.481 e. The minimum atomic E-state index is -1.21. The number of non-ortho nitro benzene ring substituents is 1. The molecule has 2 aromatic rings. The summed E-state index contributed by atoms with van der Waals surface area (Å²) in [6, 6.07) is 3.41. The first-order valence-corrected chi connectivity index (χ1v) is 9.30. The van der Waals surface area contributed by atoms with Crippen LogP contribution in [-0.4, -0.2) is 58.2 Å². The highest BCUT2D eigenvalue weighted by molar-refractivity contribution is 5.96. The number of hydrogen-bond acceptors (Lipinski definition) is 8. The fourth-order valence-electron chi connectivity index (χ4n) is 2.73. The van der Waals surface area contributed by atoms with Crippen molar-refractivity contribution in [2.24, 2.45) is 0 Å². The predicted molar refractivity (Wildman–Crippen MR) is 111 cm³/mol. The van der Waals surface area contributed by atoms with E-state index in [1.54, 1.807) is 13.8 Å². The lowest BCUT2D eigenvalue weighted by molar-refractivity contribution is -0.384. The molecule has 166 valence electrons. The number of nitro groups is 1. The average Bonchev–Trinajstić information content (AvgIpc) is 2.69. The molecule has 0 aliphatic rings. The highest BCUT2D eigenvalue weighted by atomic mass is 16.6. The number of nitro benzene ring substituents is 1. The largest absolute Gasteiger partial charge is 0.481 e. The van der Waals surface area contributed by atoms with Crippen molar-refractivity contribution in [2.45, 2.75) is 26.3 Å². The van der Waals surface area contributed by atoms with Crippen molar-refractivity contribution < 1.29 is 24.4 Å². The molecule has 0 unspecified atom stereocenters. The maximum atomic E-state index is 12.4. The molecule has 0 atom stereocenters. The van der Waals surface area contributed by atoms with Crippen LogP contribution in [0.3, 0.4) is 0 Å². The molecule has 0 saturated heterocycles. The predicted octanol–water partition coefficient (Wildman–Crippen LogP) is 1.17. The van der Waals surface area contributed by atoms with Crippen LogP contribution in [0.4, 0.5) is 11.5 Å². The lowest BCUT2D eigenvalue weighted by Crippen LogP contribution is -2.27. The third-order valence-corrected chi connectivity index (χ3v) is 4.00. The van der Waals surface area contributed by atoms with Gasteiger partial charge in [-0.25, -0.2) is 4.98 Å². The smallest absolute Gasteiger partial charge is 0.309 e. The molecular weight excluding hydrogens is 410 g/mol. The summed E-state index contributed by atoms with van der Waals surface area (Å²) in [4.78, 5) is 53.5. The molecule has 2 rings (SSSR count). The Balaban J connectivity index is 2.63. The SMILES string of the molecule is COCCNC(=O)c1cc(-c2[nH]c(=O)c(NC(C)C)nc2CC(=O)O)cc([N+](=O)[O-])c1. The Hall–Kier alpha value is -3.80. The molecular formula is C19H23N5O7. The summed E-state index contributed by atoms with van der Waals surface area (Å²) >= 11 is 0. The normalized spacial score (nSPS) is 10.7. The van der Waals surface area contributed by atoms with Crippen LogP contribution in [0.5, 0.6) is 0 Å². The van der Waals surface area contributed by atoms with Crippen LogP contribution in [-0.2, 0) is 16.0 Å². The summed E-state index contributed by atoms with van der Waals surface area (Å²) in [6.07, 6.45) is -0.545. The monoisotopic (exact) mass is 433 g/mol. The number of methoxy groups -OCH3 is 1. The summed E-state index contributed by atoms with van der Waals surface area (Å²) < 4.78 is 4.86. The number of aromatic nitrogens is 2. The van der Waals surface area contributed by atoms with E-state index < -0.39 is 34.5 Å². The molecule has 4 N–H and O–H groups in total. The quantitative estimate of drug-likeness (QED) is 0.243. The Kier molecular flexibility index (Phi) is 7.80. The molecule has 0 radical (unpaired) electrons. The first-order chi connectivity index (χ1) is 14.6. The van der Waals surface area contributed by atoms with Gasteiger partial charge in [0.1, 0.15) is 0 Å². The molecule has 1 amide bonds. The maximum absolute atomic E-state index is 12.4. The van der Waals surface area contributed by atoms with E-state index in [1.807, 2.05) is 0 Å². The number of aromatic amines is 1. The second kappa shape index (κ2) is 10.3. The van der Waals surface area contributed by atoms with Crippen LogP contribution in [0.25, 0.3) is 11.3 Å². The second-order valence-electron chi connectivity index (χ2n) is 6.88. The highest BCUT2D eigenvalue weighted by Gasteiger charge is 2.20. The molecule has 0 aliphatic carbocycles. The summed E-state index contributed by atoms with van der Waals surface area (Å²) in [7, 11) is 1.46. The number of rotatable bonds is 10. The molecule has 31 heavy (non-hydrogen) atoms. The number of nitrogens with one attached hydrogen (secondary N) is 3. The van der Waals surface area contributed by atoms with E-state index in [9.17, 15) is 29.6 Å². The third kappa shape index (κ3) is 6.34. The topological polar surface area (TPSA) is 177 Å². The first-order valence-electron chi connectivity index (χ1n) is 9.30. The van der Waals surface area contributed by atoms with Gasteiger partial charge in [0.25, 0.3) is 17.2 Å². The molecule has 12 heteroatoms. The zero-order chi connectivity index (χ0) is 23.1. The van der Waals surface area contributed by atoms with E-state index in [2.05, 4.69) is 20.6 Å². The number of carbonyl (C=O) groups excluding carboxylic acids is 1. The first kappa shape index (κ1) is 23.5. The van der Waals surface area contributed by atoms with Crippen LogP contribution >= 0.6 is 0 Å². The summed E-state index contributed by atoms with van der Waals surface area (Å²) in [5.41, 5.74) is -1.01. The van der Waals surface area contributed by atoms with Gasteiger partial charge in [0, 0.05) is 43.0 Å². The standard InChI is InChI=1S/C19H23N5O7/c1-10(2)21-17-19(28)23-16(14(22-17)9-15(25)26)11-6-12(8-13(7-11)24(29)30)18(27)20-4-5-31-3/h6-8,10H,4-5,9H2,1-3H3,(H,20,27)(H,21,22)(H,23,28)(H,25,26). The Bertz CT molecular complexity index is 1050. The van der Waals surface area contributed by atoms with Crippen LogP contribution < -0.4 is 16.2 Å². The number of benzene rings is 1. The summed E-state index contributed by atoms with van der Waals surface area (Å²) in [5, 5.41) is 26.0. The maximum Gasteiger partial charge on any atom is 0.309 e. The van der Waals surface area contributed by atoms with Crippen LogP contribution in [0.15, 0.2) is 23.0 Å². The van der Waals surface area contributed by atoms with Gasteiger partial charge in [0.15, 0.2) is 5.82 Å². The van der Waals surface area contributed by atoms with E-state index in [0.717, 1.165) is 12.1 Å². The molecule has 0 bridgehead atoms. The van der Waals surface area contributed by atoms with Crippen molar-refractivity contribution in [1.82, 2.24) is 15.3 Å². The molecule has 0 saturated carbocycles. The zero-order valence-corrected chi connectivity index (χ0v) is 17.2. The molecule has 0 spiro atoms. The van der Waals surface area contributed by atoms with Gasteiger partial charge in [-0.3, -0.25) is 24.5 Å². The average molecular weight is 433 g/mol. The number of nitrogens with zero attached hydrogens (tertiary/aromatic N) is 2. The van der Waals surface area contributed by atoms with Crippen molar-refractivity contribution in [3.05, 3.63) is 49.9 Å². The summed E-state index contributed by atoms with van der Waals surface area (Å²) in [5.74, 6) is -1.87. The van der Waals surface area contributed by atoms with Crippen LogP contribution in [0.1, 0.15) is 29.9 Å². The minimum absolute atomic E-state index is 0.0125. The zero-order valence-electron chi connectivity index (χ0n) is 17.2. The van der Waals surface area contributed by atoms with Gasteiger partial charge in [0.2, 0.25) is 0 Å². The van der Waals surface area contributed by atoms with Crippen molar-refractivity contribution in [3.8, 4) is 11.3 Å². The molecule has 0 fully saturated rings. The fraction of sp³-hybridized carbons (Fsp3) is 0.368. The third-order valence-electron chi connectivity index (χ3n) is 4.00. The van der Waals surface area contributed by atoms with E-state index in [1.165, 1.54) is 13.2 Å². The van der Waals surface area contributed by atoms with Gasteiger partial charge in [-0.2, -0.15) is 0 Å². The van der Waals surface area contributed by atoms with Gasteiger partial charge in [0.05, 0.1) is 29.3 Å². The highest BCUT2D eigenvalue weighted by Crippen LogP contribution is 2.27. The Morgan fingerprint density at radius 1 is 1.32 bits per heavy atom. The Morgan fingerprint density at radius 3 is 2.61 bits per heavy atom. The number of amides is 1. The molecule has 12 nitrogen and oxygen atoms in total. The number of aliphatic carboxylic acids is 1. The summed E-state index contributed by atoms with van der Waals surface area (Å²) in [6.45, 7) is 3.99. The second-order valence-corrected chi connectivity index (χ2v) is 6.88. The van der Waals surface area contributed by atoms with Crippen molar-refractivity contribution in [2.75, 3.05) is 25.6 Å². The van der Waals surface area contributed by atoms with E-state index in [0.29, 0.717) is 0 Å². The Labute approximate surface area is 176 Å². The van der Waals surface area contributed by atoms with Crippen LogP contribution in [0.2, 0.25) is 0 Å². The number of H-pyrrole nitrogens is 1. The number of ether oxygens (including phenoxy) is 1. The van der Waals surface area contributed by atoms with E-state index in [4.69, 9.17) is 4.74 Å². The van der Waals surface area contributed by atoms with E-state index in [-0.39, 0.29) is 47.5 Å². The molecule has 1 aromatic heterocycles. The number of hydrogen-bond donors (Lipinski definition) is 4. The van der Waals surface area contributed by atoms with Gasteiger partial charge >= 0.3 is 5.97 Å².